The Labute approximate surface area is 655 Å². The Morgan fingerprint density at radius 3 is 1.43 bits per heavy atom. The molecule has 7 N–H and O–H groups in total. The number of fused-ring (bicyclic) bond motifs is 3. The number of nitrogens with one attached hydrogen (secondary N) is 2. The number of nitrogen functional groups attached to an aromatic ring is 2. The number of unbranched alkanes of at least 4 members (excludes halogenated alkanes) is 2. The molecule has 32 heteroatoms. The summed E-state index contributed by atoms with van der Waals surface area (Å²) in [5.41, 5.74) is 17.1. The molecule has 20 nitrogen and oxygen atoms in total. The van der Waals surface area contributed by atoms with E-state index < -0.39 is 41.0 Å². The fourth-order valence-electron chi connectivity index (χ4n) is 7.13. The third-order valence-electron chi connectivity index (χ3n) is 11.1. The minimum Gasteiger partial charge on any atom is -1.00 e. The molecule has 3 unspecified atom stereocenters. The van der Waals surface area contributed by atoms with Gasteiger partial charge in [-0.15, -0.1) is 0 Å². The standard InChI is InChI=1S/C19H24N2O4S3.C11H11ClN2O2S.C8H8N2S.C8H14O2S2.C7H9N.C3H4Cl2O2.CH2O3.CH4.2K.H/c1-12-7-8-15-16(11-12)27-18(20-15)21-19(23)25-13(2)24-17(22)6-4-3-5-14-9-10-26-28-14;1-6-3-4-8-9(5-6)17-10(13-8)14-11(15)16-7(2)12;1-5-2-3-6-7(4-5)11-8(9)10-6;9-8(10)4-2-1-3-7-5-6-11-12-7;1-6-2-4-7(8)5-3-6;1-2(4)7-3(5)6;2-1-4-3;;;;/h7-8,11,13-14H,3-6,9-10H2,1-2H3,(H,20,21,23);3-5,7H,1-2H3,(H,13,14,15);2-4H,1H3,(H2,9,10);7H,1-6H2,(H,9,10);2-5H,8H2,1H3;2H,1H3;1,3H;1H4;;;/q;;;;;;;;2*+1;-1/p-1/t13?,14-;;;7-;;;;;;;/m1..1......./s1. The van der Waals surface area contributed by atoms with Crippen molar-refractivity contribution < 1.29 is 167 Å². The zero-order chi connectivity index (χ0) is 64.3. The number of rotatable bonds is 17. The van der Waals surface area contributed by atoms with Crippen LogP contribution < -0.4 is 130 Å². The van der Waals surface area contributed by atoms with Crippen LogP contribution in [0.3, 0.4) is 0 Å². The molecule has 0 saturated carbocycles. The van der Waals surface area contributed by atoms with E-state index >= 15 is 0 Å². The number of esters is 1. The Morgan fingerprint density at radius 1 is 0.644 bits per heavy atom. The number of ether oxygens (including phenoxy) is 4. The number of carboxylic acids is 1. The summed E-state index contributed by atoms with van der Waals surface area (Å²) in [6.07, 6.45) is 7.09. The van der Waals surface area contributed by atoms with E-state index in [1.165, 1.54) is 94.5 Å². The number of carbonyl (C=O) groups is 6. The summed E-state index contributed by atoms with van der Waals surface area (Å²) >= 11 is 19.7. The first-order chi connectivity index (χ1) is 41.4. The van der Waals surface area contributed by atoms with Crippen LogP contribution >= 0.6 is 112 Å². The third kappa shape index (κ3) is 40.5. The topological polar surface area (TPSA) is 307 Å². The molecule has 5 atom stereocenters. The van der Waals surface area contributed by atoms with Gasteiger partial charge in [0.25, 0.3) is 6.47 Å². The zero-order valence-corrected chi connectivity index (χ0v) is 65.0. The van der Waals surface area contributed by atoms with Crippen molar-refractivity contribution in [2.45, 2.75) is 148 Å². The number of alkyl halides is 2. The van der Waals surface area contributed by atoms with E-state index in [2.05, 4.69) is 48.2 Å². The number of hydrogen-bond acceptors (Lipinski definition) is 24. The molecule has 5 heterocycles. The van der Waals surface area contributed by atoms with Gasteiger partial charge in [-0.3, -0.25) is 25.0 Å². The number of halogens is 3. The van der Waals surface area contributed by atoms with Crippen LogP contribution in [0.5, 0.6) is 0 Å². The van der Waals surface area contributed by atoms with Crippen LogP contribution in [0.25, 0.3) is 30.6 Å². The summed E-state index contributed by atoms with van der Waals surface area (Å²) < 4.78 is 22.3. The number of amides is 2. The van der Waals surface area contributed by atoms with E-state index in [1.807, 2.05) is 137 Å². The number of nitrogens with zero attached hydrogens (tertiary/aromatic N) is 3. The monoisotopic (exact) mass is 1490 g/mol. The normalized spacial score (nSPS) is 14.2. The first kappa shape index (κ1) is 88.1. The second-order valence-corrected chi connectivity index (χ2v) is 28.9. The van der Waals surface area contributed by atoms with Gasteiger partial charge in [-0.25, -0.2) is 29.3 Å². The van der Waals surface area contributed by atoms with Crippen LogP contribution in [0.4, 0.5) is 35.5 Å². The maximum atomic E-state index is 12.0. The smallest absolute Gasteiger partial charge is 1.00 e. The van der Waals surface area contributed by atoms with Gasteiger partial charge in [-0.1, -0.05) is 157 Å². The van der Waals surface area contributed by atoms with Crippen LogP contribution in [0.15, 0.2) is 78.9 Å². The van der Waals surface area contributed by atoms with Crippen LogP contribution in [0.2, 0.25) is 0 Å². The van der Waals surface area contributed by atoms with E-state index in [4.69, 9.17) is 75.6 Å². The third-order valence-corrected chi connectivity index (χ3v) is 20.1. The Bertz CT molecular complexity index is 3200. The van der Waals surface area contributed by atoms with Crippen molar-refractivity contribution in [2.24, 2.45) is 0 Å². The van der Waals surface area contributed by atoms with Crippen molar-refractivity contribution >= 4 is 200 Å². The maximum absolute atomic E-state index is 12.0. The fourth-order valence-corrected chi connectivity index (χ4v) is 16.3. The van der Waals surface area contributed by atoms with Gasteiger partial charge < -0.3 is 47.1 Å². The van der Waals surface area contributed by atoms with Gasteiger partial charge in [0.15, 0.2) is 26.5 Å². The molecule has 2 aliphatic rings. The summed E-state index contributed by atoms with van der Waals surface area (Å²) in [6.45, 7) is 12.5. The molecule has 90 heavy (non-hydrogen) atoms. The van der Waals surface area contributed by atoms with Crippen LogP contribution in [0.1, 0.15) is 116 Å². The summed E-state index contributed by atoms with van der Waals surface area (Å²) in [5, 5.41) is 25.1. The SMILES string of the molecule is C.CC(Cl)OC(=O)Cl.Cc1ccc(N)cc1.Cc1ccc2nc(N)sc2c1.Cc1ccc2nc(NC(=O)OC(C)Cl)sc2c1.Cc1ccc2nc(NC(=O)OC(C)OC(=O)CCCC[C@@H]3CCSS3)sc2c1.O=C(O)CCCC[C@@H]1CCSS1.O=CO[O-].[H-].[K+].[K+]. The van der Waals surface area contributed by atoms with Crippen molar-refractivity contribution in [2.75, 3.05) is 33.6 Å². The van der Waals surface area contributed by atoms with E-state index in [9.17, 15) is 24.0 Å². The second-order valence-electron chi connectivity index (χ2n) is 18.7. The van der Waals surface area contributed by atoms with Crippen molar-refractivity contribution in [3.05, 3.63) is 101 Å². The minimum absolute atomic E-state index is 0. The number of aromatic nitrogens is 3. The van der Waals surface area contributed by atoms with E-state index in [-0.39, 0.29) is 124 Å². The first-order valence-corrected chi connectivity index (χ1v) is 35.4. The van der Waals surface area contributed by atoms with Crippen LogP contribution in [-0.4, -0.2) is 95.5 Å². The summed E-state index contributed by atoms with van der Waals surface area (Å²) in [7, 11) is 7.80. The number of aliphatic carboxylic acids is 1. The van der Waals surface area contributed by atoms with Crippen molar-refractivity contribution in [1.82, 2.24) is 15.0 Å². The molecule has 7 aromatic rings. The number of carbonyl (C=O) groups excluding carboxylic acids is 5. The molecular weight excluding hydrogens is 1410 g/mol. The molecule has 2 aliphatic heterocycles. The predicted octanol–water partition coefficient (Wildman–Crippen LogP) is 11.2. The molecule has 2 fully saturated rings. The van der Waals surface area contributed by atoms with Crippen molar-refractivity contribution in [3.63, 3.8) is 0 Å². The molecule has 3 aromatic heterocycles. The molecule has 0 spiro atoms. The number of carboxylic acid groups (broad SMARTS) is 1. The maximum Gasteiger partial charge on any atom is 1.00 e. The second kappa shape index (κ2) is 50.5. The summed E-state index contributed by atoms with van der Waals surface area (Å²) in [5.74, 6) is 1.49. The fraction of sp³-hybridized carbons (Fsp3) is 0.431. The number of thiazole rings is 3. The molecule has 4 aromatic carbocycles. The summed E-state index contributed by atoms with van der Waals surface area (Å²) in [6, 6.07) is 25.7. The Kier molecular flexibility index (Phi) is 49.4. The van der Waals surface area contributed by atoms with Gasteiger partial charge in [0.2, 0.25) is 6.29 Å². The molecular formula is C58H76Cl3K2N7O13S7. The Morgan fingerprint density at radius 2 is 1.06 bits per heavy atom. The number of hydrogen-bond donors (Lipinski definition) is 5. The van der Waals surface area contributed by atoms with Gasteiger partial charge >= 0.3 is 132 Å². The quantitative estimate of drug-likeness (QED) is 0.00460. The van der Waals surface area contributed by atoms with Gasteiger partial charge in [-0.05, 0) is 145 Å². The molecule has 486 valence electrons. The molecule has 2 saturated heterocycles. The van der Waals surface area contributed by atoms with E-state index in [1.54, 1.807) is 6.92 Å². The Hall–Kier alpha value is -1.93. The van der Waals surface area contributed by atoms with Gasteiger partial charge in [0.05, 0.1) is 30.6 Å². The van der Waals surface area contributed by atoms with Gasteiger partial charge in [-0.2, -0.15) is 0 Å². The molecule has 0 radical (unpaired) electrons. The Balaban J connectivity index is 0. The van der Waals surface area contributed by atoms with Crippen LogP contribution in [0, 0.1) is 27.7 Å². The van der Waals surface area contributed by atoms with E-state index in [0.29, 0.717) is 28.2 Å². The molecule has 9 rings (SSSR count). The van der Waals surface area contributed by atoms with Crippen molar-refractivity contribution in [3.8, 4) is 0 Å². The number of aryl methyl sites for hydroxylation is 4. The minimum atomic E-state index is -0.939. The zero-order valence-electron chi connectivity index (χ0n) is 51.8. The average Bonchev–Trinajstić information content (AvgIpc) is 2.44. The largest absolute Gasteiger partial charge is 1.00 e. The molecule has 0 bridgehead atoms. The average molecular weight is 1490 g/mol. The molecule has 2 amide bonds. The number of nitrogens with two attached hydrogens (primary N) is 2. The van der Waals surface area contributed by atoms with Crippen LogP contribution in [-0.2, 0) is 38.2 Å². The van der Waals surface area contributed by atoms with E-state index in [0.717, 1.165) is 85.4 Å². The summed E-state index contributed by atoms with van der Waals surface area (Å²) in [4.78, 5) is 79.1. The first-order valence-electron chi connectivity index (χ1n) is 26.9. The number of benzene rings is 4. The molecule has 0 aliphatic carbocycles. The van der Waals surface area contributed by atoms with Crippen molar-refractivity contribution in [1.29, 1.82) is 0 Å². The van der Waals surface area contributed by atoms with Gasteiger partial charge in [0.1, 0.15) is 0 Å². The predicted molar refractivity (Wildman–Crippen MR) is 368 cm³/mol. The van der Waals surface area contributed by atoms with Gasteiger partial charge in [0, 0.05) is 59.1 Å². The number of anilines is 4.